The third-order valence-corrected chi connectivity index (χ3v) is 6.77. The molecule has 1 aliphatic rings. The van der Waals surface area contributed by atoms with Crippen molar-refractivity contribution in [3.05, 3.63) is 65.5 Å². The Morgan fingerprint density at radius 3 is 2.61 bits per heavy atom. The van der Waals surface area contributed by atoms with Gasteiger partial charge in [-0.25, -0.2) is 17.5 Å². The fourth-order valence-corrected chi connectivity index (χ4v) is 4.59. The highest BCUT2D eigenvalue weighted by Gasteiger charge is 2.32. The molecule has 3 N–H and O–H groups in total. The van der Waals surface area contributed by atoms with Crippen LogP contribution in [0.4, 0.5) is 4.39 Å². The van der Waals surface area contributed by atoms with Gasteiger partial charge in [-0.2, -0.15) is 0 Å². The second-order valence-electron chi connectivity index (χ2n) is 7.65. The highest BCUT2D eigenvalue weighted by Crippen LogP contribution is 2.22. The molecule has 2 aromatic rings. The van der Waals surface area contributed by atoms with Gasteiger partial charge in [0.1, 0.15) is 11.9 Å². The van der Waals surface area contributed by atoms with E-state index in [0.29, 0.717) is 19.3 Å². The predicted molar refractivity (Wildman–Crippen MR) is 114 cm³/mol. The summed E-state index contributed by atoms with van der Waals surface area (Å²) in [5.41, 5.74) is 1.17. The van der Waals surface area contributed by atoms with Crippen LogP contribution >= 0.6 is 0 Å². The summed E-state index contributed by atoms with van der Waals surface area (Å²) in [6, 6.07) is 11.6. The maximum Gasteiger partial charge on any atom is 0.251 e. The Kier molecular flexibility index (Phi) is 7.77. The molecule has 0 bridgehead atoms. The van der Waals surface area contributed by atoms with Crippen molar-refractivity contribution in [2.75, 3.05) is 13.2 Å². The van der Waals surface area contributed by atoms with Crippen LogP contribution in [0.25, 0.3) is 0 Å². The topological polar surface area (TPSA) is 105 Å². The molecule has 1 aliphatic heterocycles. The monoisotopic (exact) mass is 450 g/mol. The van der Waals surface area contributed by atoms with Crippen molar-refractivity contribution in [3.63, 3.8) is 0 Å². The number of hydrogen-bond acceptors (Lipinski definition) is 5. The van der Waals surface area contributed by atoms with Crippen molar-refractivity contribution < 1.29 is 27.4 Å². The molecule has 1 fully saturated rings. The number of aryl methyl sites for hydroxylation is 1. The molecule has 1 heterocycles. The van der Waals surface area contributed by atoms with Crippen LogP contribution in [-0.4, -0.2) is 50.8 Å². The van der Waals surface area contributed by atoms with E-state index >= 15 is 0 Å². The maximum absolute atomic E-state index is 13.3. The van der Waals surface area contributed by atoms with Gasteiger partial charge in [-0.3, -0.25) is 4.79 Å². The van der Waals surface area contributed by atoms with E-state index in [1.807, 2.05) is 6.92 Å². The number of rotatable bonds is 8. The summed E-state index contributed by atoms with van der Waals surface area (Å²) in [6.45, 7) is 1.79. The van der Waals surface area contributed by atoms with Crippen molar-refractivity contribution in [2.24, 2.45) is 0 Å². The molecule has 0 aliphatic carbocycles. The van der Waals surface area contributed by atoms with Crippen LogP contribution in [0.2, 0.25) is 0 Å². The number of nitrogens with one attached hydrogen (secondary N) is 2. The lowest BCUT2D eigenvalue weighted by atomic mass is 9.97. The molecule has 2 aromatic carbocycles. The summed E-state index contributed by atoms with van der Waals surface area (Å²) in [6.07, 6.45) is 0.718. The Bertz CT molecular complexity index is 997. The zero-order chi connectivity index (χ0) is 22.4. The highest BCUT2D eigenvalue weighted by atomic mass is 32.2. The number of aliphatic hydroxyl groups excluding tert-OH is 1. The van der Waals surface area contributed by atoms with E-state index in [1.54, 1.807) is 24.3 Å². The van der Waals surface area contributed by atoms with Crippen molar-refractivity contribution in [1.82, 2.24) is 10.0 Å². The van der Waals surface area contributed by atoms with Crippen LogP contribution in [0.15, 0.2) is 53.4 Å². The first kappa shape index (κ1) is 23.3. The zero-order valence-corrected chi connectivity index (χ0v) is 18.1. The number of amides is 1. The second-order valence-corrected chi connectivity index (χ2v) is 9.41. The first-order valence-corrected chi connectivity index (χ1v) is 11.7. The molecule has 9 heteroatoms. The number of ether oxygens (including phenoxy) is 1. The molecule has 0 saturated carbocycles. The number of hydrogen-bond donors (Lipinski definition) is 3. The van der Waals surface area contributed by atoms with E-state index in [9.17, 15) is 22.7 Å². The normalized spacial score (nSPS) is 21.6. The minimum atomic E-state index is -3.60. The van der Waals surface area contributed by atoms with E-state index in [0.717, 1.165) is 11.6 Å². The van der Waals surface area contributed by atoms with Crippen LogP contribution in [0.3, 0.4) is 0 Å². The van der Waals surface area contributed by atoms with Gasteiger partial charge in [-0.1, -0.05) is 23.8 Å². The van der Waals surface area contributed by atoms with E-state index in [4.69, 9.17) is 4.74 Å². The number of halogens is 1. The Labute approximate surface area is 181 Å². The second kappa shape index (κ2) is 10.3. The first-order chi connectivity index (χ1) is 14.8. The molecule has 31 heavy (non-hydrogen) atoms. The van der Waals surface area contributed by atoms with Gasteiger partial charge in [-0.05, 0) is 56.5 Å². The van der Waals surface area contributed by atoms with Gasteiger partial charge >= 0.3 is 0 Å². The highest BCUT2D eigenvalue weighted by molar-refractivity contribution is 7.89. The number of carbonyl (C=O) groups is 1. The fourth-order valence-electron chi connectivity index (χ4n) is 3.55. The minimum Gasteiger partial charge on any atom is -0.394 e. The van der Waals surface area contributed by atoms with E-state index in [2.05, 4.69) is 10.0 Å². The molecule has 0 spiro atoms. The van der Waals surface area contributed by atoms with Crippen molar-refractivity contribution >= 4 is 15.9 Å². The first-order valence-electron chi connectivity index (χ1n) is 10.2. The minimum absolute atomic E-state index is 0.194. The molecule has 0 radical (unpaired) electrons. The van der Waals surface area contributed by atoms with Crippen molar-refractivity contribution in [2.45, 2.75) is 49.3 Å². The van der Waals surface area contributed by atoms with Crippen LogP contribution in [0.5, 0.6) is 0 Å². The Hall–Kier alpha value is -2.33. The van der Waals surface area contributed by atoms with Gasteiger partial charge in [0.15, 0.2) is 0 Å². The van der Waals surface area contributed by atoms with Crippen molar-refractivity contribution in [3.8, 4) is 0 Å². The third kappa shape index (κ3) is 6.33. The smallest absolute Gasteiger partial charge is 0.251 e. The average Bonchev–Trinajstić information content (AvgIpc) is 2.74. The van der Waals surface area contributed by atoms with Gasteiger partial charge in [0.05, 0.1) is 23.6 Å². The standard InChI is InChI=1S/C22H27FN2O5S/c1-15-5-8-19(9-6-15)31(28,29)24-12-11-18-7-10-20(21(14-26)30-18)25-22(27)16-3-2-4-17(23)13-16/h2-6,8-9,13,18,20-21,24,26H,7,10-12,14H2,1H3,(H,25,27)/t18-,20+,21+/m0/s1. The molecule has 0 unspecified atom stereocenters. The summed E-state index contributed by atoms with van der Waals surface area (Å²) in [5, 5.41) is 12.5. The Morgan fingerprint density at radius 2 is 1.94 bits per heavy atom. The molecule has 1 amide bonds. The molecular weight excluding hydrogens is 423 g/mol. The van der Waals surface area contributed by atoms with Gasteiger partial charge < -0.3 is 15.2 Å². The third-order valence-electron chi connectivity index (χ3n) is 5.29. The quantitative estimate of drug-likeness (QED) is 0.572. The summed E-state index contributed by atoms with van der Waals surface area (Å²) in [7, 11) is -3.60. The van der Waals surface area contributed by atoms with Crippen LogP contribution < -0.4 is 10.0 Å². The van der Waals surface area contributed by atoms with Gasteiger partial charge in [-0.15, -0.1) is 0 Å². The summed E-state index contributed by atoms with van der Waals surface area (Å²) < 4.78 is 46.5. The lowest BCUT2D eigenvalue weighted by Crippen LogP contribution is -2.51. The SMILES string of the molecule is Cc1ccc(S(=O)(=O)NCC[C@@H]2CC[C@@H](NC(=O)c3cccc(F)c3)[C@@H](CO)O2)cc1. The molecule has 3 atom stereocenters. The van der Waals surface area contributed by atoms with E-state index in [-0.39, 0.29) is 29.7 Å². The van der Waals surface area contributed by atoms with Gasteiger partial charge in [0.25, 0.3) is 5.91 Å². The predicted octanol–water partition coefficient (Wildman–Crippen LogP) is 2.14. The number of sulfonamides is 1. The number of carbonyl (C=O) groups excluding carboxylic acids is 1. The summed E-state index contributed by atoms with van der Waals surface area (Å²) in [5.74, 6) is -0.935. The number of aliphatic hydroxyl groups is 1. The van der Waals surface area contributed by atoms with E-state index in [1.165, 1.54) is 18.2 Å². The largest absolute Gasteiger partial charge is 0.394 e. The average molecular weight is 451 g/mol. The van der Waals surface area contributed by atoms with Gasteiger partial charge in [0, 0.05) is 12.1 Å². The lowest BCUT2D eigenvalue weighted by Gasteiger charge is -2.36. The van der Waals surface area contributed by atoms with E-state index < -0.39 is 33.9 Å². The Balaban J connectivity index is 1.50. The maximum atomic E-state index is 13.3. The van der Waals surface area contributed by atoms with Crippen LogP contribution in [0, 0.1) is 12.7 Å². The molecule has 7 nitrogen and oxygen atoms in total. The molecule has 1 saturated heterocycles. The lowest BCUT2D eigenvalue weighted by molar-refractivity contribution is -0.0891. The van der Waals surface area contributed by atoms with Crippen LogP contribution in [-0.2, 0) is 14.8 Å². The zero-order valence-electron chi connectivity index (χ0n) is 17.3. The van der Waals surface area contributed by atoms with Crippen molar-refractivity contribution in [1.29, 1.82) is 0 Å². The fraction of sp³-hybridized carbons (Fsp3) is 0.409. The molecule has 168 valence electrons. The van der Waals surface area contributed by atoms with Crippen LogP contribution in [0.1, 0.15) is 35.2 Å². The Morgan fingerprint density at radius 1 is 1.19 bits per heavy atom. The molecular formula is C22H27FN2O5S. The molecule has 3 rings (SSSR count). The van der Waals surface area contributed by atoms with Gasteiger partial charge in [0.2, 0.25) is 10.0 Å². The summed E-state index contributed by atoms with van der Waals surface area (Å²) in [4.78, 5) is 12.6. The molecule has 0 aromatic heterocycles. The number of benzene rings is 2. The summed E-state index contributed by atoms with van der Waals surface area (Å²) >= 11 is 0.